The Morgan fingerprint density at radius 2 is 2.15 bits per heavy atom. The molecule has 1 nitrogen and oxygen atoms in total. The standard InChI is InChI=1S/C12H20O/c1-9(2)8-13-12-7-6-10-4-3-5-11(10)12/h6-7,9-12H,3-5,8H2,1-2H3. The maximum atomic E-state index is 5.89. The molecule has 1 heteroatoms. The first-order chi connectivity index (χ1) is 6.27. The molecule has 13 heavy (non-hydrogen) atoms. The van der Waals surface area contributed by atoms with Crippen molar-refractivity contribution >= 4 is 0 Å². The molecule has 2 rings (SSSR count). The maximum Gasteiger partial charge on any atom is 0.0789 e. The largest absolute Gasteiger partial charge is 0.374 e. The van der Waals surface area contributed by atoms with Gasteiger partial charge in [-0.3, -0.25) is 0 Å². The predicted octanol–water partition coefficient (Wildman–Crippen LogP) is 3.01. The van der Waals surface area contributed by atoms with Gasteiger partial charge in [0.05, 0.1) is 6.10 Å². The van der Waals surface area contributed by atoms with Gasteiger partial charge < -0.3 is 4.74 Å². The van der Waals surface area contributed by atoms with Gasteiger partial charge >= 0.3 is 0 Å². The van der Waals surface area contributed by atoms with Crippen molar-refractivity contribution in [3.05, 3.63) is 12.2 Å². The van der Waals surface area contributed by atoms with E-state index in [2.05, 4.69) is 26.0 Å². The SMILES string of the molecule is CC(C)COC1C=CC2CCCC21. The van der Waals surface area contributed by atoms with Gasteiger partial charge in [0.15, 0.2) is 0 Å². The summed E-state index contributed by atoms with van der Waals surface area (Å²) in [6.07, 6.45) is 9.28. The van der Waals surface area contributed by atoms with E-state index in [0.29, 0.717) is 12.0 Å². The van der Waals surface area contributed by atoms with E-state index >= 15 is 0 Å². The van der Waals surface area contributed by atoms with E-state index in [0.717, 1.165) is 18.4 Å². The van der Waals surface area contributed by atoms with Crippen molar-refractivity contribution in [1.82, 2.24) is 0 Å². The first-order valence-electron chi connectivity index (χ1n) is 5.57. The number of ether oxygens (including phenoxy) is 1. The zero-order valence-electron chi connectivity index (χ0n) is 8.70. The van der Waals surface area contributed by atoms with Crippen LogP contribution in [0.4, 0.5) is 0 Å². The molecule has 3 atom stereocenters. The van der Waals surface area contributed by atoms with Crippen LogP contribution in [0.3, 0.4) is 0 Å². The van der Waals surface area contributed by atoms with E-state index in [-0.39, 0.29) is 0 Å². The van der Waals surface area contributed by atoms with Crippen molar-refractivity contribution in [2.45, 2.75) is 39.2 Å². The lowest BCUT2D eigenvalue weighted by Gasteiger charge is -2.20. The third kappa shape index (κ3) is 1.96. The summed E-state index contributed by atoms with van der Waals surface area (Å²) < 4.78 is 5.89. The van der Waals surface area contributed by atoms with Gasteiger partial charge in [-0.15, -0.1) is 0 Å². The summed E-state index contributed by atoms with van der Waals surface area (Å²) in [6.45, 7) is 5.34. The lowest BCUT2D eigenvalue weighted by molar-refractivity contribution is 0.0307. The van der Waals surface area contributed by atoms with Crippen LogP contribution in [0.5, 0.6) is 0 Å². The Hall–Kier alpha value is -0.300. The first-order valence-corrected chi connectivity index (χ1v) is 5.57. The van der Waals surface area contributed by atoms with Crippen LogP contribution in [-0.2, 0) is 4.74 Å². The molecular weight excluding hydrogens is 160 g/mol. The summed E-state index contributed by atoms with van der Waals surface area (Å²) in [5.41, 5.74) is 0. The number of hydrogen-bond acceptors (Lipinski definition) is 1. The molecule has 0 radical (unpaired) electrons. The Labute approximate surface area is 81.2 Å². The van der Waals surface area contributed by atoms with Crippen molar-refractivity contribution in [2.75, 3.05) is 6.61 Å². The maximum absolute atomic E-state index is 5.89. The Morgan fingerprint density at radius 3 is 2.92 bits per heavy atom. The topological polar surface area (TPSA) is 9.23 Å². The van der Waals surface area contributed by atoms with Gasteiger partial charge in [0, 0.05) is 6.61 Å². The number of hydrogen-bond donors (Lipinski definition) is 0. The Kier molecular flexibility index (Phi) is 2.73. The van der Waals surface area contributed by atoms with Gasteiger partial charge in [0.1, 0.15) is 0 Å². The van der Waals surface area contributed by atoms with E-state index in [4.69, 9.17) is 4.74 Å². The van der Waals surface area contributed by atoms with Crippen LogP contribution < -0.4 is 0 Å². The van der Waals surface area contributed by atoms with Crippen molar-refractivity contribution in [1.29, 1.82) is 0 Å². The van der Waals surface area contributed by atoms with Crippen molar-refractivity contribution in [3.63, 3.8) is 0 Å². The van der Waals surface area contributed by atoms with Crippen LogP contribution >= 0.6 is 0 Å². The van der Waals surface area contributed by atoms with Gasteiger partial charge in [-0.25, -0.2) is 0 Å². The molecule has 0 aliphatic heterocycles. The number of fused-ring (bicyclic) bond motifs is 1. The smallest absolute Gasteiger partial charge is 0.0789 e. The predicted molar refractivity (Wildman–Crippen MR) is 54.5 cm³/mol. The lowest BCUT2D eigenvalue weighted by Crippen LogP contribution is -2.21. The molecule has 2 aliphatic rings. The fraction of sp³-hybridized carbons (Fsp3) is 0.833. The number of rotatable bonds is 3. The average molecular weight is 180 g/mol. The first kappa shape index (κ1) is 9.26. The van der Waals surface area contributed by atoms with Crippen LogP contribution in [0.1, 0.15) is 33.1 Å². The Morgan fingerprint density at radius 1 is 1.31 bits per heavy atom. The summed E-state index contributed by atoms with van der Waals surface area (Å²) in [4.78, 5) is 0. The summed E-state index contributed by atoms with van der Waals surface area (Å²) in [7, 11) is 0. The molecule has 0 aromatic rings. The van der Waals surface area contributed by atoms with Crippen LogP contribution in [0, 0.1) is 17.8 Å². The molecule has 0 aromatic heterocycles. The quantitative estimate of drug-likeness (QED) is 0.607. The van der Waals surface area contributed by atoms with E-state index in [1.165, 1.54) is 19.3 Å². The van der Waals surface area contributed by atoms with Crippen LogP contribution in [-0.4, -0.2) is 12.7 Å². The van der Waals surface area contributed by atoms with E-state index in [1.54, 1.807) is 0 Å². The molecule has 0 amide bonds. The summed E-state index contributed by atoms with van der Waals surface area (Å²) in [5, 5.41) is 0. The van der Waals surface area contributed by atoms with Crippen LogP contribution in [0.15, 0.2) is 12.2 Å². The van der Waals surface area contributed by atoms with Crippen molar-refractivity contribution < 1.29 is 4.74 Å². The molecule has 3 unspecified atom stereocenters. The number of allylic oxidation sites excluding steroid dienone is 1. The fourth-order valence-electron chi connectivity index (χ4n) is 2.54. The molecule has 2 aliphatic carbocycles. The molecule has 0 N–H and O–H groups in total. The molecule has 0 heterocycles. The van der Waals surface area contributed by atoms with Gasteiger partial charge in [-0.2, -0.15) is 0 Å². The van der Waals surface area contributed by atoms with Gasteiger partial charge in [0.25, 0.3) is 0 Å². The summed E-state index contributed by atoms with van der Waals surface area (Å²) >= 11 is 0. The monoisotopic (exact) mass is 180 g/mol. The van der Waals surface area contributed by atoms with Gasteiger partial charge in [-0.05, 0) is 30.6 Å². The van der Waals surface area contributed by atoms with Crippen molar-refractivity contribution in [3.8, 4) is 0 Å². The molecule has 1 fully saturated rings. The minimum absolute atomic E-state index is 0.440. The Balaban J connectivity index is 1.84. The van der Waals surface area contributed by atoms with Crippen LogP contribution in [0.2, 0.25) is 0 Å². The van der Waals surface area contributed by atoms with Crippen molar-refractivity contribution in [2.24, 2.45) is 17.8 Å². The molecule has 74 valence electrons. The third-order valence-corrected chi connectivity index (χ3v) is 3.22. The van der Waals surface area contributed by atoms with E-state index in [1.807, 2.05) is 0 Å². The second kappa shape index (κ2) is 3.83. The second-order valence-electron chi connectivity index (χ2n) is 4.84. The third-order valence-electron chi connectivity index (χ3n) is 3.22. The van der Waals surface area contributed by atoms with Gasteiger partial charge in [0.2, 0.25) is 0 Å². The highest BCUT2D eigenvalue weighted by molar-refractivity contribution is 5.10. The average Bonchev–Trinajstić information content (AvgIpc) is 2.60. The Bertz CT molecular complexity index is 195. The molecular formula is C12H20O. The van der Waals surface area contributed by atoms with E-state index < -0.39 is 0 Å². The van der Waals surface area contributed by atoms with Crippen LogP contribution in [0.25, 0.3) is 0 Å². The normalized spacial score (nSPS) is 37.3. The lowest BCUT2D eigenvalue weighted by atomic mass is 9.98. The highest BCUT2D eigenvalue weighted by atomic mass is 16.5. The molecule has 0 saturated heterocycles. The highest BCUT2D eigenvalue weighted by Gasteiger charge is 2.35. The second-order valence-corrected chi connectivity index (χ2v) is 4.84. The fourth-order valence-corrected chi connectivity index (χ4v) is 2.54. The molecule has 0 spiro atoms. The van der Waals surface area contributed by atoms with E-state index in [9.17, 15) is 0 Å². The van der Waals surface area contributed by atoms with Gasteiger partial charge in [-0.1, -0.05) is 32.4 Å². The minimum atomic E-state index is 0.440. The zero-order valence-corrected chi connectivity index (χ0v) is 8.70. The summed E-state index contributed by atoms with van der Waals surface area (Å²) in [5.74, 6) is 2.32. The minimum Gasteiger partial charge on any atom is -0.374 e. The highest BCUT2D eigenvalue weighted by Crippen LogP contribution is 2.40. The zero-order chi connectivity index (χ0) is 9.26. The summed E-state index contributed by atoms with van der Waals surface area (Å²) in [6, 6.07) is 0. The molecule has 0 bridgehead atoms. The molecule has 1 saturated carbocycles. The molecule has 0 aromatic carbocycles.